The van der Waals surface area contributed by atoms with Gasteiger partial charge in [-0.1, -0.05) is 38.1 Å². The summed E-state index contributed by atoms with van der Waals surface area (Å²) < 4.78 is 0. The van der Waals surface area contributed by atoms with Crippen molar-refractivity contribution in [1.82, 2.24) is 21.7 Å². The smallest absolute Gasteiger partial charge is 0.329 e. The SMILES string of the molecule is CCc1ccc(NC(=S)NNC(=O)C(=O)NNC(=S)Nc2ccc(CC)cc2)cc1. The number of carbonyl (C=O) groups excluding carboxylic acids is 2. The maximum atomic E-state index is 11.8. The lowest BCUT2D eigenvalue weighted by molar-refractivity contribution is -0.139. The largest absolute Gasteiger partial charge is 0.331 e. The van der Waals surface area contributed by atoms with E-state index in [0.29, 0.717) is 0 Å². The quantitative estimate of drug-likeness (QED) is 0.242. The average molecular weight is 445 g/mol. The fourth-order valence-corrected chi connectivity index (χ4v) is 2.65. The van der Waals surface area contributed by atoms with Gasteiger partial charge in [-0.05, 0) is 72.7 Å². The summed E-state index contributed by atoms with van der Waals surface area (Å²) in [6.45, 7) is 4.13. The molecule has 2 rings (SSSR count). The van der Waals surface area contributed by atoms with Crippen LogP contribution in [0.3, 0.4) is 0 Å². The first-order chi connectivity index (χ1) is 14.4. The predicted molar refractivity (Wildman–Crippen MR) is 127 cm³/mol. The molecule has 2 aromatic rings. The van der Waals surface area contributed by atoms with Gasteiger partial charge < -0.3 is 10.6 Å². The van der Waals surface area contributed by atoms with E-state index < -0.39 is 11.8 Å². The fourth-order valence-electron chi connectivity index (χ4n) is 2.31. The Balaban J connectivity index is 1.69. The molecule has 0 aromatic heterocycles. The standard InChI is InChI=1S/C20H24N6O2S2/c1-3-13-5-9-15(10-6-13)21-19(29)25-23-17(27)18(28)24-26-20(30)22-16-11-7-14(4-2)8-12-16/h5-12H,3-4H2,1-2H3,(H,23,27)(H,24,28)(H2,21,25,29)(H2,22,26,30). The van der Waals surface area contributed by atoms with Gasteiger partial charge in [0.1, 0.15) is 0 Å². The second-order valence-electron chi connectivity index (χ2n) is 6.17. The molecule has 0 saturated heterocycles. The number of benzene rings is 2. The van der Waals surface area contributed by atoms with Gasteiger partial charge in [0.05, 0.1) is 0 Å². The number of amides is 2. The van der Waals surface area contributed by atoms with Crippen LogP contribution in [0, 0.1) is 0 Å². The minimum atomic E-state index is -0.942. The van der Waals surface area contributed by atoms with Crippen molar-refractivity contribution >= 4 is 57.8 Å². The summed E-state index contributed by atoms with van der Waals surface area (Å²) in [4.78, 5) is 23.7. The molecule has 2 aromatic carbocycles. The topological polar surface area (TPSA) is 106 Å². The Labute approximate surface area is 186 Å². The number of nitrogens with one attached hydrogen (secondary N) is 6. The van der Waals surface area contributed by atoms with Gasteiger partial charge in [0.15, 0.2) is 10.2 Å². The van der Waals surface area contributed by atoms with Crippen molar-refractivity contribution in [3.63, 3.8) is 0 Å². The third-order valence-corrected chi connectivity index (χ3v) is 4.43. The third kappa shape index (κ3) is 7.64. The van der Waals surface area contributed by atoms with Crippen molar-refractivity contribution in [2.75, 3.05) is 10.6 Å². The van der Waals surface area contributed by atoms with Crippen LogP contribution in [-0.2, 0) is 22.4 Å². The summed E-state index contributed by atoms with van der Waals surface area (Å²) in [5.41, 5.74) is 13.2. The predicted octanol–water partition coefficient (Wildman–Crippen LogP) is 2.15. The van der Waals surface area contributed by atoms with Crippen molar-refractivity contribution in [3.05, 3.63) is 59.7 Å². The minimum Gasteiger partial charge on any atom is -0.331 e. The van der Waals surface area contributed by atoms with E-state index in [2.05, 4.69) is 46.2 Å². The second kappa shape index (κ2) is 11.7. The molecule has 158 valence electrons. The number of carbonyl (C=O) groups is 2. The lowest BCUT2D eigenvalue weighted by Gasteiger charge is -2.13. The monoisotopic (exact) mass is 444 g/mol. The van der Waals surface area contributed by atoms with E-state index in [1.54, 1.807) is 0 Å². The zero-order valence-electron chi connectivity index (χ0n) is 16.7. The van der Waals surface area contributed by atoms with E-state index in [9.17, 15) is 9.59 Å². The van der Waals surface area contributed by atoms with Crippen molar-refractivity contribution in [2.45, 2.75) is 26.7 Å². The van der Waals surface area contributed by atoms with Crippen molar-refractivity contribution < 1.29 is 9.59 Å². The molecular weight excluding hydrogens is 420 g/mol. The van der Waals surface area contributed by atoms with E-state index in [4.69, 9.17) is 24.4 Å². The van der Waals surface area contributed by atoms with E-state index in [1.165, 1.54) is 11.1 Å². The van der Waals surface area contributed by atoms with Gasteiger partial charge in [0, 0.05) is 11.4 Å². The molecule has 0 aliphatic rings. The number of anilines is 2. The summed E-state index contributed by atoms with van der Waals surface area (Å²) in [6, 6.07) is 15.4. The maximum Gasteiger partial charge on any atom is 0.329 e. The molecule has 0 fully saturated rings. The highest BCUT2D eigenvalue weighted by Gasteiger charge is 2.13. The van der Waals surface area contributed by atoms with Gasteiger partial charge in [0.2, 0.25) is 0 Å². The van der Waals surface area contributed by atoms with Crippen LogP contribution in [0.15, 0.2) is 48.5 Å². The van der Waals surface area contributed by atoms with Gasteiger partial charge in [0.25, 0.3) is 0 Å². The highest BCUT2D eigenvalue weighted by atomic mass is 32.1. The first kappa shape index (κ1) is 23.0. The molecular formula is C20H24N6O2S2. The Morgan fingerprint density at radius 1 is 0.633 bits per heavy atom. The van der Waals surface area contributed by atoms with Gasteiger partial charge in [-0.15, -0.1) is 0 Å². The molecule has 6 N–H and O–H groups in total. The van der Waals surface area contributed by atoms with Crippen LogP contribution in [0.5, 0.6) is 0 Å². The Morgan fingerprint density at radius 2 is 0.967 bits per heavy atom. The van der Waals surface area contributed by atoms with Crippen molar-refractivity contribution in [1.29, 1.82) is 0 Å². The lowest BCUT2D eigenvalue weighted by atomic mass is 10.1. The number of aryl methyl sites for hydroxylation is 2. The Kier molecular flexibility index (Phi) is 8.98. The van der Waals surface area contributed by atoms with Crippen LogP contribution >= 0.6 is 24.4 Å². The molecule has 2 amide bonds. The summed E-state index contributed by atoms with van der Waals surface area (Å²) in [6.07, 6.45) is 1.87. The molecule has 0 heterocycles. The number of thiocarbonyl (C=S) groups is 2. The molecule has 0 bridgehead atoms. The van der Waals surface area contributed by atoms with Crippen LogP contribution in [0.1, 0.15) is 25.0 Å². The molecule has 0 saturated carbocycles. The van der Waals surface area contributed by atoms with E-state index in [1.807, 2.05) is 48.5 Å². The van der Waals surface area contributed by atoms with E-state index in [-0.39, 0.29) is 10.2 Å². The van der Waals surface area contributed by atoms with Crippen LogP contribution in [-0.4, -0.2) is 22.0 Å². The summed E-state index contributed by atoms with van der Waals surface area (Å²) in [5, 5.41) is 6.08. The fraction of sp³-hybridized carbons (Fsp3) is 0.200. The first-order valence-electron chi connectivity index (χ1n) is 9.33. The molecule has 8 nitrogen and oxygen atoms in total. The highest BCUT2D eigenvalue weighted by Crippen LogP contribution is 2.10. The van der Waals surface area contributed by atoms with Crippen molar-refractivity contribution in [3.8, 4) is 0 Å². The Bertz CT molecular complexity index is 825. The lowest BCUT2D eigenvalue weighted by Crippen LogP contribution is -2.53. The zero-order chi connectivity index (χ0) is 21.9. The minimum absolute atomic E-state index is 0.140. The number of hydrogen-bond donors (Lipinski definition) is 6. The Morgan fingerprint density at radius 3 is 1.27 bits per heavy atom. The van der Waals surface area contributed by atoms with Crippen LogP contribution in [0.4, 0.5) is 11.4 Å². The summed E-state index contributed by atoms with van der Waals surface area (Å²) >= 11 is 10.2. The van der Waals surface area contributed by atoms with Crippen LogP contribution in [0.25, 0.3) is 0 Å². The van der Waals surface area contributed by atoms with Gasteiger partial charge in [-0.2, -0.15) is 0 Å². The Hall–Kier alpha value is -3.24. The number of hydrazine groups is 2. The zero-order valence-corrected chi connectivity index (χ0v) is 18.3. The number of rotatable bonds is 4. The average Bonchev–Trinajstić information content (AvgIpc) is 2.76. The van der Waals surface area contributed by atoms with E-state index in [0.717, 1.165) is 24.2 Å². The normalized spacial score (nSPS) is 9.80. The van der Waals surface area contributed by atoms with Crippen LogP contribution < -0.4 is 32.3 Å². The highest BCUT2D eigenvalue weighted by molar-refractivity contribution is 7.80. The second-order valence-corrected chi connectivity index (χ2v) is 6.98. The molecule has 0 radical (unpaired) electrons. The van der Waals surface area contributed by atoms with Crippen LogP contribution in [0.2, 0.25) is 0 Å². The molecule has 0 aliphatic carbocycles. The molecule has 0 atom stereocenters. The summed E-state index contributed by atoms with van der Waals surface area (Å²) in [7, 11) is 0. The van der Waals surface area contributed by atoms with Gasteiger partial charge in [-0.25, -0.2) is 0 Å². The van der Waals surface area contributed by atoms with Gasteiger partial charge in [-0.3, -0.25) is 31.3 Å². The molecule has 10 heteroatoms. The van der Waals surface area contributed by atoms with Crippen molar-refractivity contribution in [2.24, 2.45) is 0 Å². The molecule has 0 unspecified atom stereocenters. The molecule has 0 spiro atoms. The van der Waals surface area contributed by atoms with Gasteiger partial charge >= 0.3 is 11.8 Å². The summed E-state index contributed by atoms with van der Waals surface area (Å²) in [5.74, 6) is -1.88. The van der Waals surface area contributed by atoms with E-state index >= 15 is 0 Å². The maximum absolute atomic E-state index is 11.8. The third-order valence-electron chi connectivity index (χ3n) is 4.03. The molecule has 0 aliphatic heterocycles. The molecule has 30 heavy (non-hydrogen) atoms. The first-order valence-corrected chi connectivity index (χ1v) is 10.1. The number of hydrogen-bond acceptors (Lipinski definition) is 4.